The summed E-state index contributed by atoms with van der Waals surface area (Å²) in [5.74, 6) is 0.341. The fourth-order valence-corrected chi connectivity index (χ4v) is 2.43. The molecule has 2 aromatic heterocycles. The first-order valence-corrected chi connectivity index (χ1v) is 7.59. The van der Waals surface area contributed by atoms with Crippen LogP contribution in [-0.4, -0.2) is 15.9 Å². The first-order chi connectivity index (χ1) is 10.7. The van der Waals surface area contributed by atoms with Crippen LogP contribution >= 0.6 is 11.3 Å². The Kier molecular flexibility index (Phi) is 4.11. The first-order valence-electron chi connectivity index (χ1n) is 6.71. The molecule has 5 nitrogen and oxygen atoms in total. The van der Waals surface area contributed by atoms with Gasteiger partial charge in [-0.3, -0.25) is 4.79 Å². The number of aromatic nitrogens is 2. The van der Waals surface area contributed by atoms with Crippen LogP contribution in [0.15, 0.2) is 54.2 Å². The molecule has 0 aliphatic rings. The molecule has 0 spiro atoms. The van der Waals surface area contributed by atoms with Gasteiger partial charge >= 0.3 is 0 Å². The molecule has 0 saturated carbocycles. The van der Waals surface area contributed by atoms with E-state index in [4.69, 9.17) is 0 Å². The molecule has 3 aromatic rings. The maximum atomic E-state index is 12.3. The molecule has 2 heterocycles. The lowest BCUT2D eigenvalue weighted by Crippen LogP contribution is -2.13. The molecule has 22 heavy (non-hydrogen) atoms. The Labute approximate surface area is 132 Å². The number of rotatable bonds is 4. The van der Waals surface area contributed by atoms with Crippen molar-refractivity contribution in [3.05, 3.63) is 65.3 Å². The van der Waals surface area contributed by atoms with Crippen molar-refractivity contribution < 1.29 is 4.79 Å². The van der Waals surface area contributed by atoms with Crippen molar-refractivity contribution in [2.24, 2.45) is 0 Å². The van der Waals surface area contributed by atoms with E-state index in [-0.39, 0.29) is 5.91 Å². The molecule has 2 N–H and O–H groups in total. The van der Waals surface area contributed by atoms with Gasteiger partial charge in [-0.15, -0.1) is 11.3 Å². The minimum absolute atomic E-state index is 0.195. The van der Waals surface area contributed by atoms with E-state index in [9.17, 15) is 4.79 Å². The molecule has 0 saturated heterocycles. The lowest BCUT2D eigenvalue weighted by Gasteiger charge is -2.07. The zero-order valence-corrected chi connectivity index (χ0v) is 12.7. The van der Waals surface area contributed by atoms with E-state index in [1.807, 2.05) is 30.5 Å². The molecule has 6 heteroatoms. The number of benzene rings is 1. The van der Waals surface area contributed by atoms with Gasteiger partial charge in [0, 0.05) is 29.0 Å². The highest BCUT2D eigenvalue weighted by atomic mass is 32.1. The van der Waals surface area contributed by atoms with Gasteiger partial charge in [0.15, 0.2) is 5.13 Å². The predicted octanol–water partition coefficient (Wildman–Crippen LogP) is 3.84. The van der Waals surface area contributed by atoms with E-state index >= 15 is 0 Å². The smallest absolute Gasteiger partial charge is 0.256 e. The molecular weight excluding hydrogens is 296 g/mol. The highest BCUT2D eigenvalue weighted by Crippen LogP contribution is 2.20. The van der Waals surface area contributed by atoms with Gasteiger partial charge in [0.05, 0.1) is 0 Å². The normalized spacial score (nSPS) is 10.2. The molecule has 0 fully saturated rings. The summed E-state index contributed by atoms with van der Waals surface area (Å²) in [5, 5.41) is 8.62. The lowest BCUT2D eigenvalue weighted by molar-refractivity contribution is 0.102. The standard InChI is InChI=1S/C16H14N4OS/c1-11-5-6-14(18-10-11)20-15(21)12-3-2-4-13(9-12)19-16-17-7-8-22-16/h2-10H,1H3,(H,17,19)(H,18,20,21). The summed E-state index contributed by atoms with van der Waals surface area (Å²) in [7, 11) is 0. The second-order valence-electron chi connectivity index (χ2n) is 4.72. The summed E-state index contributed by atoms with van der Waals surface area (Å²) in [4.78, 5) is 20.6. The topological polar surface area (TPSA) is 66.9 Å². The molecule has 0 aliphatic heterocycles. The number of pyridine rings is 1. The van der Waals surface area contributed by atoms with Crippen LogP contribution in [0.3, 0.4) is 0 Å². The zero-order valence-electron chi connectivity index (χ0n) is 11.9. The maximum absolute atomic E-state index is 12.3. The van der Waals surface area contributed by atoms with Gasteiger partial charge in [-0.25, -0.2) is 9.97 Å². The second-order valence-corrected chi connectivity index (χ2v) is 5.61. The fourth-order valence-electron chi connectivity index (χ4n) is 1.88. The van der Waals surface area contributed by atoms with Gasteiger partial charge in [-0.1, -0.05) is 12.1 Å². The van der Waals surface area contributed by atoms with Crippen LogP contribution in [0.2, 0.25) is 0 Å². The average Bonchev–Trinajstić information content (AvgIpc) is 3.03. The summed E-state index contributed by atoms with van der Waals surface area (Å²) in [6.07, 6.45) is 3.45. The van der Waals surface area contributed by atoms with Gasteiger partial charge in [0.1, 0.15) is 5.82 Å². The Morgan fingerprint density at radius 1 is 1.18 bits per heavy atom. The number of nitrogens with one attached hydrogen (secondary N) is 2. The van der Waals surface area contributed by atoms with Crippen molar-refractivity contribution in [3.63, 3.8) is 0 Å². The van der Waals surface area contributed by atoms with Crippen molar-refractivity contribution in [3.8, 4) is 0 Å². The number of hydrogen-bond acceptors (Lipinski definition) is 5. The summed E-state index contributed by atoms with van der Waals surface area (Å²) in [6.45, 7) is 1.95. The van der Waals surface area contributed by atoms with Crippen LogP contribution in [0.5, 0.6) is 0 Å². The van der Waals surface area contributed by atoms with E-state index < -0.39 is 0 Å². The first kappa shape index (κ1) is 14.2. The van der Waals surface area contributed by atoms with Crippen LogP contribution in [-0.2, 0) is 0 Å². The van der Waals surface area contributed by atoms with Crippen molar-refractivity contribution in [1.82, 2.24) is 9.97 Å². The van der Waals surface area contributed by atoms with Gasteiger partial charge in [0.2, 0.25) is 0 Å². The number of hydrogen-bond donors (Lipinski definition) is 2. The molecule has 1 aromatic carbocycles. The summed E-state index contributed by atoms with van der Waals surface area (Å²) >= 11 is 1.50. The summed E-state index contributed by atoms with van der Waals surface area (Å²) in [6, 6.07) is 10.9. The Bertz CT molecular complexity index is 769. The Morgan fingerprint density at radius 2 is 2.09 bits per heavy atom. The number of carbonyl (C=O) groups excluding carboxylic acids is 1. The zero-order chi connectivity index (χ0) is 15.4. The Balaban J connectivity index is 1.73. The van der Waals surface area contributed by atoms with E-state index in [0.717, 1.165) is 16.4 Å². The van der Waals surface area contributed by atoms with E-state index in [0.29, 0.717) is 11.4 Å². The Hall–Kier alpha value is -2.73. The molecule has 0 radical (unpaired) electrons. The minimum atomic E-state index is -0.195. The van der Waals surface area contributed by atoms with Gasteiger partial charge in [-0.05, 0) is 36.8 Å². The highest BCUT2D eigenvalue weighted by Gasteiger charge is 2.08. The van der Waals surface area contributed by atoms with Crippen LogP contribution in [0.4, 0.5) is 16.6 Å². The van der Waals surface area contributed by atoms with E-state index in [2.05, 4.69) is 20.6 Å². The van der Waals surface area contributed by atoms with Gasteiger partial charge < -0.3 is 10.6 Å². The molecule has 0 unspecified atom stereocenters. The molecule has 0 aliphatic carbocycles. The highest BCUT2D eigenvalue weighted by molar-refractivity contribution is 7.13. The van der Waals surface area contributed by atoms with Crippen LogP contribution in [0, 0.1) is 6.92 Å². The monoisotopic (exact) mass is 310 g/mol. The minimum Gasteiger partial charge on any atom is -0.332 e. The second kappa shape index (κ2) is 6.36. The largest absolute Gasteiger partial charge is 0.332 e. The number of amides is 1. The third-order valence-electron chi connectivity index (χ3n) is 2.96. The van der Waals surface area contributed by atoms with Crippen molar-refractivity contribution in [2.45, 2.75) is 6.92 Å². The number of aryl methyl sites for hydroxylation is 1. The quantitative estimate of drug-likeness (QED) is 0.768. The summed E-state index contributed by atoms with van der Waals surface area (Å²) < 4.78 is 0. The van der Waals surface area contributed by atoms with Crippen molar-refractivity contribution in [2.75, 3.05) is 10.6 Å². The molecule has 0 bridgehead atoms. The molecule has 110 valence electrons. The van der Waals surface area contributed by atoms with Crippen LogP contribution in [0.1, 0.15) is 15.9 Å². The fraction of sp³-hybridized carbons (Fsp3) is 0.0625. The average molecular weight is 310 g/mol. The maximum Gasteiger partial charge on any atom is 0.256 e. The third-order valence-corrected chi connectivity index (χ3v) is 3.65. The number of nitrogens with zero attached hydrogens (tertiary/aromatic N) is 2. The number of thiazole rings is 1. The van der Waals surface area contributed by atoms with E-state index in [1.165, 1.54) is 11.3 Å². The molecular formula is C16H14N4OS. The van der Waals surface area contributed by atoms with Crippen LogP contribution in [0.25, 0.3) is 0 Å². The SMILES string of the molecule is Cc1ccc(NC(=O)c2cccc(Nc3nccs3)c2)nc1. The van der Waals surface area contributed by atoms with Gasteiger partial charge in [0.25, 0.3) is 5.91 Å². The number of carbonyl (C=O) groups is 1. The number of anilines is 3. The molecule has 1 amide bonds. The van der Waals surface area contributed by atoms with E-state index in [1.54, 1.807) is 30.6 Å². The van der Waals surface area contributed by atoms with Crippen molar-refractivity contribution in [1.29, 1.82) is 0 Å². The summed E-state index contributed by atoms with van der Waals surface area (Å²) in [5.41, 5.74) is 2.43. The third kappa shape index (κ3) is 3.48. The predicted molar refractivity (Wildman–Crippen MR) is 88.8 cm³/mol. The van der Waals surface area contributed by atoms with Crippen molar-refractivity contribution >= 4 is 33.9 Å². The van der Waals surface area contributed by atoms with Gasteiger partial charge in [-0.2, -0.15) is 0 Å². The molecule has 3 rings (SSSR count). The Morgan fingerprint density at radius 3 is 2.82 bits per heavy atom. The van der Waals surface area contributed by atoms with Crippen LogP contribution < -0.4 is 10.6 Å². The lowest BCUT2D eigenvalue weighted by atomic mass is 10.2. The molecule has 0 atom stereocenters.